The van der Waals surface area contributed by atoms with Gasteiger partial charge in [0.25, 0.3) is 0 Å². The first kappa shape index (κ1) is 20.8. The number of rotatable bonds is 3. The average molecular weight is 393 g/mol. The summed E-state index contributed by atoms with van der Waals surface area (Å²) < 4.78 is 44.2. The van der Waals surface area contributed by atoms with E-state index in [1.165, 1.54) is 9.80 Å². The molecule has 1 fully saturated rings. The smallest absolute Gasteiger partial charge is 0.410 e. The van der Waals surface area contributed by atoms with Crippen molar-refractivity contribution in [2.24, 2.45) is 0 Å². The minimum absolute atomic E-state index is 0.129. The number of carbonyl (C=O) groups excluding carboxylic acids is 1. The summed E-state index contributed by atoms with van der Waals surface area (Å²) in [6.45, 7) is 4.65. The third-order valence-corrected chi connectivity index (χ3v) is 3.77. The molecule has 1 aromatic rings. The normalized spacial score (nSPS) is 16.2. The zero-order valence-electron chi connectivity index (χ0n) is 15.3. The number of hydrogen-bond acceptors (Lipinski definition) is 6. The maximum atomic E-state index is 12.8. The predicted octanol–water partition coefficient (Wildman–Crippen LogP) is 2.80. The van der Waals surface area contributed by atoms with E-state index in [0.717, 1.165) is 6.20 Å². The van der Waals surface area contributed by atoms with Crippen LogP contribution in [0, 0.1) is 10.1 Å². The fourth-order valence-corrected chi connectivity index (χ4v) is 2.75. The molecule has 9 nitrogen and oxygen atoms in total. The van der Waals surface area contributed by atoms with Crippen LogP contribution in [0.3, 0.4) is 0 Å². The maximum Gasteiger partial charge on any atom is 0.410 e. The van der Waals surface area contributed by atoms with Crippen molar-refractivity contribution in [2.75, 3.05) is 31.1 Å². The number of carbonyl (C=O) groups is 1. The molecule has 152 valence electrons. The molecule has 2 rings (SSSR count). The Labute approximate surface area is 153 Å². The van der Waals surface area contributed by atoms with Crippen LogP contribution in [0.5, 0.6) is 0 Å². The molecule has 0 bridgehead atoms. The van der Waals surface area contributed by atoms with Gasteiger partial charge in [0.2, 0.25) is 5.82 Å². The van der Waals surface area contributed by atoms with Gasteiger partial charge in [-0.15, -0.1) is 0 Å². The molecule has 0 aromatic carbocycles. The van der Waals surface area contributed by atoms with E-state index in [9.17, 15) is 28.1 Å². The molecule has 0 N–H and O–H groups in total. The average Bonchev–Trinajstić information content (AvgIpc) is 2.74. The van der Waals surface area contributed by atoms with Gasteiger partial charge in [-0.3, -0.25) is 10.1 Å². The van der Waals surface area contributed by atoms with Gasteiger partial charge in [0.15, 0.2) is 0 Å². The third kappa shape index (κ3) is 5.73. The van der Waals surface area contributed by atoms with Gasteiger partial charge in [-0.25, -0.2) is 9.48 Å². The molecule has 2 heterocycles. The van der Waals surface area contributed by atoms with E-state index in [-0.39, 0.29) is 25.5 Å². The van der Waals surface area contributed by atoms with Crippen LogP contribution >= 0.6 is 0 Å². The first-order valence-electron chi connectivity index (χ1n) is 8.37. The maximum absolute atomic E-state index is 12.8. The van der Waals surface area contributed by atoms with Crippen LogP contribution in [-0.2, 0) is 11.3 Å². The highest BCUT2D eigenvalue weighted by atomic mass is 19.4. The number of ether oxygens (including phenoxy) is 1. The van der Waals surface area contributed by atoms with Crippen molar-refractivity contribution in [3.63, 3.8) is 0 Å². The molecule has 12 heteroatoms. The minimum Gasteiger partial charge on any atom is -0.444 e. The molecule has 1 aliphatic rings. The molecule has 0 atom stereocenters. The summed E-state index contributed by atoms with van der Waals surface area (Å²) in [5.74, 6) is -0.205. The van der Waals surface area contributed by atoms with Crippen molar-refractivity contribution >= 4 is 17.6 Å². The number of anilines is 1. The SMILES string of the molecule is CC(C)(C)OC(=O)N1CCCN(c2c([N+](=O)[O-])cnn2CC(F)(F)F)CC1. The second-order valence-corrected chi connectivity index (χ2v) is 7.19. The van der Waals surface area contributed by atoms with E-state index < -0.39 is 35.0 Å². The van der Waals surface area contributed by atoms with Crippen molar-refractivity contribution in [2.45, 2.75) is 45.5 Å². The van der Waals surface area contributed by atoms with Crippen molar-refractivity contribution in [3.8, 4) is 0 Å². The zero-order valence-corrected chi connectivity index (χ0v) is 15.3. The van der Waals surface area contributed by atoms with Crippen LogP contribution < -0.4 is 4.90 Å². The first-order valence-corrected chi connectivity index (χ1v) is 8.37. The molecule has 1 aliphatic heterocycles. The molecule has 0 saturated carbocycles. The van der Waals surface area contributed by atoms with E-state index in [0.29, 0.717) is 17.6 Å². The van der Waals surface area contributed by atoms with Crippen molar-refractivity contribution in [3.05, 3.63) is 16.3 Å². The number of nitro groups is 1. The highest BCUT2D eigenvalue weighted by Gasteiger charge is 2.35. The van der Waals surface area contributed by atoms with Gasteiger partial charge in [0, 0.05) is 26.2 Å². The molecule has 0 radical (unpaired) electrons. The summed E-state index contributed by atoms with van der Waals surface area (Å²) in [5, 5.41) is 14.8. The van der Waals surface area contributed by atoms with Crippen LogP contribution in [0.25, 0.3) is 0 Å². The number of amides is 1. The zero-order chi connectivity index (χ0) is 20.4. The van der Waals surface area contributed by atoms with Gasteiger partial charge < -0.3 is 14.5 Å². The Kier molecular flexibility index (Phi) is 5.85. The largest absolute Gasteiger partial charge is 0.444 e. The van der Waals surface area contributed by atoms with E-state index in [1.54, 1.807) is 20.8 Å². The van der Waals surface area contributed by atoms with Gasteiger partial charge in [-0.1, -0.05) is 0 Å². The first-order chi connectivity index (χ1) is 12.4. The summed E-state index contributed by atoms with van der Waals surface area (Å²) in [5.41, 5.74) is -1.17. The van der Waals surface area contributed by atoms with Gasteiger partial charge in [0.05, 0.1) is 4.92 Å². The molecule has 27 heavy (non-hydrogen) atoms. The second-order valence-electron chi connectivity index (χ2n) is 7.19. The number of alkyl halides is 3. The Hall–Kier alpha value is -2.53. The summed E-state index contributed by atoms with van der Waals surface area (Å²) >= 11 is 0. The monoisotopic (exact) mass is 393 g/mol. The lowest BCUT2D eigenvalue weighted by Crippen LogP contribution is -2.39. The molecule has 0 aliphatic carbocycles. The van der Waals surface area contributed by atoms with Crippen LogP contribution in [0.1, 0.15) is 27.2 Å². The van der Waals surface area contributed by atoms with Crippen LogP contribution in [0.2, 0.25) is 0 Å². The highest BCUT2D eigenvalue weighted by molar-refractivity contribution is 5.68. The highest BCUT2D eigenvalue weighted by Crippen LogP contribution is 2.31. The van der Waals surface area contributed by atoms with Crippen LogP contribution in [-0.4, -0.2) is 63.7 Å². The lowest BCUT2D eigenvalue weighted by Gasteiger charge is -2.26. The molecule has 0 spiro atoms. The summed E-state index contributed by atoms with van der Waals surface area (Å²) in [4.78, 5) is 25.6. The number of aromatic nitrogens is 2. The summed E-state index contributed by atoms with van der Waals surface area (Å²) in [6.07, 6.45) is -3.85. The van der Waals surface area contributed by atoms with Crippen molar-refractivity contribution in [1.82, 2.24) is 14.7 Å². The van der Waals surface area contributed by atoms with E-state index in [4.69, 9.17) is 4.74 Å². The standard InChI is InChI=1S/C15H22F3N5O4/c1-14(2,3)27-13(24)21-6-4-5-20(7-8-21)12-11(23(25)26)9-19-22(12)10-15(16,17)18/h9H,4-8,10H2,1-3H3. The molecular formula is C15H22F3N5O4. The van der Waals surface area contributed by atoms with Crippen molar-refractivity contribution in [1.29, 1.82) is 0 Å². The van der Waals surface area contributed by atoms with E-state index in [2.05, 4.69) is 5.10 Å². The number of nitrogens with zero attached hydrogens (tertiary/aromatic N) is 5. The molecule has 0 unspecified atom stereocenters. The van der Waals surface area contributed by atoms with Crippen molar-refractivity contribution < 1.29 is 27.6 Å². The molecule has 1 amide bonds. The van der Waals surface area contributed by atoms with E-state index in [1.807, 2.05) is 0 Å². The Morgan fingerprint density at radius 3 is 2.48 bits per heavy atom. The number of halogens is 3. The third-order valence-electron chi connectivity index (χ3n) is 3.77. The Morgan fingerprint density at radius 1 is 1.26 bits per heavy atom. The fourth-order valence-electron chi connectivity index (χ4n) is 2.75. The fraction of sp³-hybridized carbons (Fsp3) is 0.733. The quantitative estimate of drug-likeness (QED) is 0.579. The topological polar surface area (TPSA) is 93.7 Å². The van der Waals surface area contributed by atoms with E-state index >= 15 is 0 Å². The second kappa shape index (κ2) is 7.61. The van der Waals surface area contributed by atoms with Gasteiger partial charge in [-0.05, 0) is 27.2 Å². The van der Waals surface area contributed by atoms with Crippen LogP contribution in [0.4, 0.5) is 29.5 Å². The van der Waals surface area contributed by atoms with Crippen LogP contribution in [0.15, 0.2) is 6.20 Å². The van der Waals surface area contributed by atoms with Gasteiger partial charge >= 0.3 is 18.0 Å². The Morgan fingerprint density at radius 2 is 1.93 bits per heavy atom. The Balaban J connectivity index is 2.20. The lowest BCUT2D eigenvalue weighted by atomic mass is 10.2. The number of hydrogen-bond donors (Lipinski definition) is 0. The minimum atomic E-state index is -4.57. The molecular weight excluding hydrogens is 371 g/mol. The van der Waals surface area contributed by atoms with Gasteiger partial charge in [0.1, 0.15) is 18.3 Å². The predicted molar refractivity (Wildman–Crippen MR) is 89.6 cm³/mol. The summed E-state index contributed by atoms with van der Waals surface area (Å²) in [6, 6.07) is 0. The van der Waals surface area contributed by atoms with Gasteiger partial charge in [-0.2, -0.15) is 18.3 Å². The lowest BCUT2D eigenvalue weighted by molar-refractivity contribution is -0.384. The Bertz CT molecular complexity index is 699. The molecule has 1 aromatic heterocycles. The summed E-state index contributed by atoms with van der Waals surface area (Å²) in [7, 11) is 0. The molecule has 1 saturated heterocycles.